The monoisotopic (exact) mass is 417 g/mol. The van der Waals surface area contributed by atoms with E-state index in [4.69, 9.17) is 4.74 Å². The normalized spacial score (nSPS) is 16.9. The molecule has 8 heteroatoms. The third-order valence-corrected chi connectivity index (χ3v) is 6.94. The number of nitrogens with one attached hydrogen (secondary N) is 1. The molecule has 0 aliphatic carbocycles. The second-order valence-corrected chi connectivity index (χ2v) is 8.79. The first-order chi connectivity index (χ1) is 13.9. The predicted molar refractivity (Wildman–Crippen MR) is 112 cm³/mol. The van der Waals surface area contributed by atoms with Gasteiger partial charge in [-0.15, -0.1) is 0 Å². The standard InChI is InChI=1S/C21H27N3O4S/c1-3-28-20-12-8-7-11-19(20)22-21(25)17(2)23-13-15-24(16-14-23)29(26,27)18-9-5-4-6-10-18/h4-12,17H,3,13-16H2,1-2H3,(H,22,25). The number of rotatable bonds is 7. The molecule has 1 amide bonds. The number of piperazine rings is 1. The molecule has 156 valence electrons. The number of ether oxygens (including phenoxy) is 1. The summed E-state index contributed by atoms with van der Waals surface area (Å²) in [5, 5.41) is 2.92. The molecule has 1 fully saturated rings. The van der Waals surface area contributed by atoms with E-state index >= 15 is 0 Å². The van der Waals surface area contributed by atoms with Crippen LogP contribution in [0.4, 0.5) is 5.69 Å². The van der Waals surface area contributed by atoms with Crippen molar-refractivity contribution >= 4 is 21.6 Å². The molecular formula is C21H27N3O4S. The first-order valence-electron chi connectivity index (χ1n) is 9.75. The van der Waals surface area contributed by atoms with Crippen molar-refractivity contribution in [1.29, 1.82) is 0 Å². The predicted octanol–water partition coefficient (Wildman–Crippen LogP) is 2.42. The Labute approximate surface area is 172 Å². The van der Waals surface area contributed by atoms with E-state index in [2.05, 4.69) is 5.32 Å². The lowest BCUT2D eigenvalue weighted by molar-refractivity contribution is -0.121. The summed E-state index contributed by atoms with van der Waals surface area (Å²) < 4.78 is 32.5. The van der Waals surface area contributed by atoms with Crippen molar-refractivity contribution in [2.24, 2.45) is 0 Å². The summed E-state index contributed by atoms with van der Waals surface area (Å²) in [6, 6.07) is 15.4. The van der Waals surface area contributed by atoms with Gasteiger partial charge in [0.05, 0.1) is 23.2 Å². The van der Waals surface area contributed by atoms with Crippen molar-refractivity contribution < 1.29 is 17.9 Å². The summed E-state index contributed by atoms with van der Waals surface area (Å²) in [7, 11) is -3.50. The Kier molecular flexibility index (Phi) is 6.89. The van der Waals surface area contributed by atoms with Gasteiger partial charge in [0.25, 0.3) is 0 Å². The van der Waals surface area contributed by atoms with Gasteiger partial charge in [0.1, 0.15) is 5.75 Å². The zero-order chi connectivity index (χ0) is 20.9. The maximum Gasteiger partial charge on any atom is 0.243 e. The van der Waals surface area contributed by atoms with Crippen LogP contribution in [-0.2, 0) is 14.8 Å². The molecule has 1 aliphatic heterocycles. The van der Waals surface area contributed by atoms with Crippen LogP contribution in [0.25, 0.3) is 0 Å². The third kappa shape index (κ3) is 4.95. The highest BCUT2D eigenvalue weighted by molar-refractivity contribution is 7.89. The summed E-state index contributed by atoms with van der Waals surface area (Å²) in [5.74, 6) is 0.492. The van der Waals surface area contributed by atoms with Gasteiger partial charge in [0.2, 0.25) is 15.9 Å². The highest BCUT2D eigenvalue weighted by Crippen LogP contribution is 2.24. The number of carbonyl (C=O) groups is 1. The maximum atomic E-state index is 12.8. The van der Waals surface area contributed by atoms with E-state index in [0.717, 1.165) is 0 Å². The van der Waals surface area contributed by atoms with Crippen molar-refractivity contribution in [2.75, 3.05) is 38.1 Å². The number of sulfonamides is 1. The molecule has 7 nitrogen and oxygen atoms in total. The van der Waals surface area contributed by atoms with E-state index in [1.165, 1.54) is 4.31 Å². The number of amides is 1. The van der Waals surface area contributed by atoms with Gasteiger partial charge in [0, 0.05) is 26.2 Å². The fraction of sp³-hybridized carbons (Fsp3) is 0.381. The van der Waals surface area contributed by atoms with Gasteiger partial charge in [-0.2, -0.15) is 4.31 Å². The number of hydrogen-bond acceptors (Lipinski definition) is 5. The van der Waals surface area contributed by atoms with E-state index < -0.39 is 10.0 Å². The second kappa shape index (κ2) is 9.39. The first-order valence-corrected chi connectivity index (χ1v) is 11.2. The van der Waals surface area contributed by atoms with Gasteiger partial charge in [-0.1, -0.05) is 30.3 Å². The van der Waals surface area contributed by atoms with Crippen LogP contribution in [-0.4, -0.2) is 62.4 Å². The van der Waals surface area contributed by atoms with Crippen LogP contribution in [0.5, 0.6) is 5.75 Å². The number of hydrogen-bond donors (Lipinski definition) is 1. The number of nitrogens with zero attached hydrogens (tertiary/aromatic N) is 2. The quantitative estimate of drug-likeness (QED) is 0.749. The molecule has 0 spiro atoms. The van der Waals surface area contributed by atoms with Crippen molar-refractivity contribution in [3.63, 3.8) is 0 Å². The lowest BCUT2D eigenvalue weighted by Gasteiger charge is -2.36. The summed E-state index contributed by atoms with van der Waals surface area (Å²) in [5.41, 5.74) is 0.636. The second-order valence-electron chi connectivity index (χ2n) is 6.85. The van der Waals surface area contributed by atoms with E-state index in [9.17, 15) is 13.2 Å². The fourth-order valence-electron chi connectivity index (χ4n) is 3.33. The molecule has 2 aromatic carbocycles. The van der Waals surface area contributed by atoms with Crippen LogP contribution in [0, 0.1) is 0 Å². The number of carbonyl (C=O) groups excluding carboxylic acids is 1. The minimum absolute atomic E-state index is 0.142. The lowest BCUT2D eigenvalue weighted by atomic mass is 10.2. The summed E-state index contributed by atoms with van der Waals surface area (Å²) in [6.07, 6.45) is 0. The SMILES string of the molecule is CCOc1ccccc1NC(=O)C(C)N1CCN(S(=O)(=O)c2ccccc2)CC1. The van der Waals surface area contributed by atoms with Gasteiger partial charge in [-0.25, -0.2) is 8.42 Å². The number of para-hydroxylation sites is 2. The summed E-state index contributed by atoms with van der Waals surface area (Å²) >= 11 is 0. The minimum atomic E-state index is -3.50. The Morgan fingerprint density at radius 2 is 1.66 bits per heavy atom. The van der Waals surface area contributed by atoms with Crippen molar-refractivity contribution in [3.8, 4) is 5.75 Å². The molecule has 0 aromatic heterocycles. The molecule has 1 N–H and O–H groups in total. The Balaban J connectivity index is 1.60. The van der Waals surface area contributed by atoms with Gasteiger partial charge in [-0.3, -0.25) is 9.69 Å². The molecule has 1 heterocycles. The van der Waals surface area contributed by atoms with Crippen LogP contribution >= 0.6 is 0 Å². The van der Waals surface area contributed by atoms with Crippen LogP contribution in [0.2, 0.25) is 0 Å². The molecule has 0 radical (unpaired) electrons. The highest BCUT2D eigenvalue weighted by Gasteiger charge is 2.31. The van der Waals surface area contributed by atoms with E-state index in [1.54, 1.807) is 36.4 Å². The molecule has 1 saturated heterocycles. The molecule has 3 rings (SSSR count). The van der Waals surface area contributed by atoms with Crippen LogP contribution in [0.3, 0.4) is 0 Å². The molecule has 1 atom stereocenters. The zero-order valence-corrected chi connectivity index (χ0v) is 17.6. The van der Waals surface area contributed by atoms with Crippen molar-refractivity contribution in [2.45, 2.75) is 24.8 Å². The Bertz CT molecular complexity index is 926. The average molecular weight is 418 g/mol. The van der Waals surface area contributed by atoms with Crippen molar-refractivity contribution in [3.05, 3.63) is 54.6 Å². The Morgan fingerprint density at radius 3 is 2.31 bits per heavy atom. The van der Waals surface area contributed by atoms with Gasteiger partial charge in [0.15, 0.2) is 0 Å². The fourth-order valence-corrected chi connectivity index (χ4v) is 4.77. The molecular weight excluding hydrogens is 390 g/mol. The van der Waals surface area contributed by atoms with Crippen LogP contribution in [0.1, 0.15) is 13.8 Å². The van der Waals surface area contributed by atoms with E-state index in [-0.39, 0.29) is 11.9 Å². The number of benzene rings is 2. The molecule has 1 aliphatic rings. The van der Waals surface area contributed by atoms with E-state index in [1.807, 2.05) is 36.9 Å². The van der Waals surface area contributed by atoms with Crippen LogP contribution in [0.15, 0.2) is 59.5 Å². The third-order valence-electron chi connectivity index (χ3n) is 5.03. The maximum absolute atomic E-state index is 12.8. The van der Waals surface area contributed by atoms with Crippen molar-refractivity contribution in [1.82, 2.24) is 9.21 Å². The largest absolute Gasteiger partial charge is 0.492 e. The van der Waals surface area contributed by atoms with Gasteiger partial charge < -0.3 is 10.1 Å². The summed E-state index contributed by atoms with van der Waals surface area (Å²) in [4.78, 5) is 15.0. The van der Waals surface area contributed by atoms with Crippen LogP contribution < -0.4 is 10.1 Å². The highest BCUT2D eigenvalue weighted by atomic mass is 32.2. The Hall–Kier alpha value is -2.42. The minimum Gasteiger partial charge on any atom is -0.492 e. The zero-order valence-electron chi connectivity index (χ0n) is 16.7. The smallest absolute Gasteiger partial charge is 0.243 e. The molecule has 0 bridgehead atoms. The first kappa shape index (κ1) is 21.3. The van der Waals surface area contributed by atoms with Gasteiger partial charge in [-0.05, 0) is 38.1 Å². The molecule has 0 saturated carbocycles. The Morgan fingerprint density at radius 1 is 1.03 bits per heavy atom. The van der Waals surface area contributed by atoms with Gasteiger partial charge >= 0.3 is 0 Å². The average Bonchev–Trinajstić information content (AvgIpc) is 2.75. The number of anilines is 1. The molecule has 1 unspecified atom stereocenters. The molecule has 2 aromatic rings. The summed E-state index contributed by atoms with van der Waals surface area (Å²) in [6.45, 7) is 5.93. The molecule has 29 heavy (non-hydrogen) atoms. The topological polar surface area (TPSA) is 79.0 Å². The lowest BCUT2D eigenvalue weighted by Crippen LogP contribution is -2.53. The van der Waals surface area contributed by atoms with E-state index in [0.29, 0.717) is 49.1 Å².